The molecule has 5 rings (SSSR count). The van der Waals surface area contributed by atoms with E-state index in [1.54, 1.807) is 0 Å². The van der Waals surface area contributed by atoms with Crippen molar-refractivity contribution in [1.29, 1.82) is 0 Å². The van der Waals surface area contributed by atoms with Crippen LogP contribution in [-0.4, -0.2) is 54.6 Å². The maximum absolute atomic E-state index is 13.9. The molecule has 3 aliphatic rings. The van der Waals surface area contributed by atoms with Gasteiger partial charge in [0.15, 0.2) is 5.69 Å². The number of aromatic nitrogens is 2. The van der Waals surface area contributed by atoms with E-state index >= 15 is 0 Å². The zero-order valence-electron chi connectivity index (χ0n) is 22.4. The number of oxime groups is 1. The standard InChI is InChI=1S/C30H42N4O4/c35-28(36)18-17-26(32-38)29-30(37)34(27-16-9-8-15-25(27)31-29)24-19-22-13-10-14-23(20-24)33(22)21-11-6-4-2-1-3-5-7-12-21/h8-9,15-16,21-24,38H,1-7,10-14,17-20H2,(H,35,36)/b32-26+/t22-,23+,24?. The SMILES string of the molecule is O=C(O)CC/C(=N\O)c1nc2ccccc2n(C2C[C@H]3CCC[C@@H](C2)N3C2CCCCCCCCC2)c1=O. The molecule has 1 unspecified atom stereocenters. The van der Waals surface area contributed by atoms with Gasteiger partial charge in [-0.2, -0.15) is 0 Å². The Hall–Kier alpha value is -2.74. The maximum Gasteiger partial charge on any atom is 0.303 e. The van der Waals surface area contributed by atoms with Gasteiger partial charge in [0.25, 0.3) is 5.56 Å². The summed E-state index contributed by atoms with van der Waals surface area (Å²) in [6, 6.07) is 9.27. The van der Waals surface area contributed by atoms with E-state index in [4.69, 9.17) is 5.11 Å². The minimum Gasteiger partial charge on any atom is -0.481 e. The molecule has 0 amide bonds. The number of piperidine rings is 2. The summed E-state index contributed by atoms with van der Waals surface area (Å²) in [6.07, 6.45) is 17.2. The Bertz CT molecular complexity index is 1180. The van der Waals surface area contributed by atoms with E-state index in [0.717, 1.165) is 18.4 Å². The normalized spacial score (nSPS) is 26.3. The second-order valence-corrected chi connectivity index (χ2v) is 11.6. The summed E-state index contributed by atoms with van der Waals surface area (Å²) in [5.74, 6) is -1.01. The molecular weight excluding hydrogens is 480 g/mol. The van der Waals surface area contributed by atoms with E-state index < -0.39 is 5.97 Å². The number of hydrogen-bond acceptors (Lipinski definition) is 6. The lowest BCUT2D eigenvalue weighted by Gasteiger charge is -2.53. The topological polar surface area (TPSA) is 108 Å². The summed E-state index contributed by atoms with van der Waals surface area (Å²) in [7, 11) is 0. The molecule has 3 atom stereocenters. The second kappa shape index (κ2) is 12.4. The maximum atomic E-state index is 13.9. The molecule has 38 heavy (non-hydrogen) atoms. The Morgan fingerprint density at radius 2 is 1.45 bits per heavy atom. The largest absolute Gasteiger partial charge is 0.481 e. The van der Waals surface area contributed by atoms with E-state index in [2.05, 4.69) is 15.0 Å². The molecule has 0 spiro atoms. The molecule has 2 aliphatic heterocycles. The highest BCUT2D eigenvalue weighted by Crippen LogP contribution is 2.42. The number of carboxylic acid groups (broad SMARTS) is 1. The van der Waals surface area contributed by atoms with Crippen molar-refractivity contribution in [1.82, 2.24) is 14.5 Å². The molecule has 3 heterocycles. The van der Waals surface area contributed by atoms with Crippen LogP contribution in [0.4, 0.5) is 0 Å². The lowest BCUT2D eigenvalue weighted by molar-refractivity contribution is -0.136. The van der Waals surface area contributed by atoms with Crippen LogP contribution in [0.1, 0.15) is 114 Å². The second-order valence-electron chi connectivity index (χ2n) is 11.6. The molecule has 2 N–H and O–H groups in total. The number of rotatable bonds is 6. The van der Waals surface area contributed by atoms with Crippen LogP contribution in [0, 0.1) is 0 Å². The predicted molar refractivity (Wildman–Crippen MR) is 148 cm³/mol. The van der Waals surface area contributed by atoms with Crippen LogP contribution < -0.4 is 5.56 Å². The van der Waals surface area contributed by atoms with E-state index in [-0.39, 0.29) is 35.8 Å². The minimum atomic E-state index is -1.01. The number of hydrogen-bond donors (Lipinski definition) is 2. The summed E-state index contributed by atoms with van der Waals surface area (Å²) in [5, 5.41) is 22.1. The van der Waals surface area contributed by atoms with Gasteiger partial charge in [0, 0.05) is 30.6 Å². The van der Waals surface area contributed by atoms with Crippen LogP contribution in [-0.2, 0) is 4.79 Å². The smallest absolute Gasteiger partial charge is 0.303 e. The Labute approximate surface area is 224 Å². The first-order valence-electron chi connectivity index (χ1n) is 14.8. The average molecular weight is 523 g/mol. The first kappa shape index (κ1) is 26.9. The third kappa shape index (κ3) is 5.80. The average Bonchev–Trinajstić information content (AvgIpc) is 2.91. The highest BCUT2D eigenvalue weighted by Gasteiger charge is 2.42. The van der Waals surface area contributed by atoms with Crippen LogP contribution >= 0.6 is 0 Å². The van der Waals surface area contributed by atoms with Gasteiger partial charge in [-0.25, -0.2) is 4.98 Å². The van der Waals surface area contributed by atoms with Crippen LogP contribution in [0.15, 0.2) is 34.2 Å². The van der Waals surface area contributed by atoms with Gasteiger partial charge in [0.05, 0.1) is 17.5 Å². The lowest BCUT2D eigenvalue weighted by Crippen LogP contribution is -2.57. The first-order chi connectivity index (χ1) is 18.6. The summed E-state index contributed by atoms with van der Waals surface area (Å²) in [6.45, 7) is 0. The van der Waals surface area contributed by atoms with Gasteiger partial charge in [-0.3, -0.25) is 14.5 Å². The van der Waals surface area contributed by atoms with Gasteiger partial charge in [-0.1, -0.05) is 68.7 Å². The molecule has 206 valence electrons. The highest BCUT2D eigenvalue weighted by atomic mass is 16.4. The monoisotopic (exact) mass is 522 g/mol. The van der Waals surface area contributed by atoms with Crippen molar-refractivity contribution >= 4 is 22.7 Å². The van der Waals surface area contributed by atoms with Gasteiger partial charge in [-0.05, 0) is 50.7 Å². The fourth-order valence-electron chi connectivity index (χ4n) is 7.43. The van der Waals surface area contributed by atoms with Crippen molar-refractivity contribution in [3.05, 3.63) is 40.3 Å². The van der Waals surface area contributed by atoms with Crippen LogP contribution in [0.25, 0.3) is 11.0 Å². The Morgan fingerprint density at radius 3 is 2.08 bits per heavy atom. The van der Waals surface area contributed by atoms with Crippen LogP contribution in [0.2, 0.25) is 0 Å². The van der Waals surface area contributed by atoms with Crippen molar-refractivity contribution in [2.75, 3.05) is 0 Å². The van der Waals surface area contributed by atoms with Gasteiger partial charge in [-0.15, -0.1) is 0 Å². The number of aliphatic carboxylic acids is 1. The fourth-order valence-corrected chi connectivity index (χ4v) is 7.43. The molecule has 1 aliphatic carbocycles. The molecule has 8 heteroatoms. The lowest BCUT2D eigenvalue weighted by atomic mass is 9.79. The number of nitrogens with zero attached hydrogens (tertiary/aromatic N) is 4. The van der Waals surface area contributed by atoms with E-state index in [0.29, 0.717) is 23.6 Å². The number of para-hydroxylation sites is 2. The molecule has 8 nitrogen and oxygen atoms in total. The molecule has 1 aromatic carbocycles. The molecule has 2 aromatic rings. The molecule has 2 saturated heterocycles. The number of fused-ring (bicyclic) bond motifs is 3. The zero-order valence-corrected chi connectivity index (χ0v) is 22.4. The van der Waals surface area contributed by atoms with Crippen molar-refractivity contribution in [2.45, 2.75) is 127 Å². The van der Waals surface area contributed by atoms with E-state index in [1.165, 1.54) is 77.0 Å². The van der Waals surface area contributed by atoms with Crippen LogP contribution in [0.5, 0.6) is 0 Å². The molecule has 1 aromatic heterocycles. The molecule has 3 fully saturated rings. The first-order valence-corrected chi connectivity index (χ1v) is 14.8. The fraction of sp³-hybridized carbons (Fsp3) is 0.667. The molecular formula is C30H42N4O4. The summed E-state index contributed by atoms with van der Waals surface area (Å²) < 4.78 is 1.89. The van der Waals surface area contributed by atoms with Crippen molar-refractivity contribution in [2.24, 2.45) is 5.16 Å². The Kier molecular flexibility index (Phi) is 8.77. The van der Waals surface area contributed by atoms with Gasteiger partial charge in [0.1, 0.15) is 5.71 Å². The van der Waals surface area contributed by atoms with Gasteiger partial charge < -0.3 is 14.9 Å². The van der Waals surface area contributed by atoms with E-state index in [9.17, 15) is 14.8 Å². The molecule has 0 radical (unpaired) electrons. The Morgan fingerprint density at radius 1 is 0.842 bits per heavy atom. The molecule has 2 bridgehead atoms. The summed E-state index contributed by atoms with van der Waals surface area (Å²) >= 11 is 0. The number of carbonyl (C=O) groups is 1. The summed E-state index contributed by atoms with van der Waals surface area (Å²) in [4.78, 5) is 32.5. The van der Waals surface area contributed by atoms with Crippen molar-refractivity contribution in [3.8, 4) is 0 Å². The van der Waals surface area contributed by atoms with E-state index in [1.807, 2.05) is 28.8 Å². The summed E-state index contributed by atoms with van der Waals surface area (Å²) in [5.41, 5.74) is 1.28. The van der Waals surface area contributed by atoms with Gasteiger partial charge in [0.2, 0.25) is 0 Å². The number of carboxylic acids is 1. The Balaban J connectivity index is 1.47. The zero-order chi connectivity index (χ0) is 26.5. The van der Waals surface area contributed by atoms with Crippen molar-refractivity contribution in [3.63, 3.8) is 0 Å². The van der Waals surface area contributed by atoms with Crippen LogP contribution in [0.3, 0.4) is 0 Å². The third-order valence-corrected chi connectivity index (χ3v) is 9.13. The predicted octanol–water partition coefficient (Wildman–Crippen LogP) is 5.89. The molecule has 1 saturated carbocycles. The van der Waals surface area contributed by atoms with Crippen molar-refractivity contribution < 1.29 is 15.1 Å². The quantitative estimate of drug-likeness (QED) is 0.278. The van der Waals surface area contributed by atoms with Gasteiger partial charge >= 0.3 is 5.97 Å². The minimum absolute atomic E-state index is 0.0380. The number of benzene rings is 1. The highest BCUT2D eigenvalue weighted by molar-refractivity contribution is 6.00. The third-order valence-electron chi connectivity index (χ3n) is 9.13.